The zero-order valence-corrected chi connectivity index (χ0v) is 19.4. The van der Waals surface area contributed by atoms with Gasteiger partial charge in [-0.15, -0.1) is 0 Å². The largest absolute Gasteiger partial charge is 0.451 e. The molecule has 3 aromatic carbocycles. The number of nitrogens with one attached hydrogen (secondary N) is 2. The average Bonchev–Trinajstić information content (AvgIpc) is 3.17. The second kappa shape index (κ2) is 9.79. The number of aromatic nitrogens is 1. The molecule has 2 amide bonds. The topological polar surface area (TPSA) is 89.4 Å². The Morgan fingerprint density at radius 2 is 1.56 bits per heavy atom. The number of fused-ring (bicyclic) bond motifs is 3. The van der Waals surface area contributed by atoms with Gasteiger partial charge in [-0.3, -0.25) is 9.59 Å². The number of amides is 2. The maximum atomic E-state index is 12.7. The smallest absolute Gasteiger partial charge is 0.329 e. The maximum absolute atomic E-state index is 12.7. The number of carbonyl (C=O) groups excluding carboxylic acids is 3. The summed E-state index contributed by atoms with van der Waals surface area (Å²) >= 11 is 0. The Bertz CT molecular complexity index is 1360. The Hall–Kier alpha value is -4.13. The zero-order valence-electron chi connectivity index (χ0n) is 19.4. The minimum Gasteiger partial charge on any atom is -0.451 e. The number of aryl methyl sites for hydroxylation is 1. The number of hydrogen-bond donors (Lipinski definition) is 2. The number of ether oxygens (including phenoxy) is 1. The van der Waals surface area contributed by atoms with Crippen LogP contribution in [0.25, 0.3) is 21.8 Å². The molecule has 4 rings (SSSR count). The van der Waals surface area contributed by atoms with Crippen molar-refractivity contribution in [2.24, 2.45) is 0 Å². The van der Waals surface area contributed by atoms with Crippen molar-refractivity contribution in [3.05, 3.63) is 78.4 Å². The summed E-state index contributed by atoms with van der Waals surface area (Å²) in [6, 6.07) is 21.6. The lowest BCUT2D eigenvalue weighted by molar-refractivity contribution is -0.154. The zero-order chi connectivity index (χ0) is 24.2. The predicted octanol–water partition coefficient (Wildman–Crippen LogP) is 4.50. The Morgan fingerprint density at radius 3 is 2.29 bits per heavy atom. The van der Waals surface area contributed by atoms with Gasteiger partial charge in [-0.2, -0.15) is 0 Å². The van der Waals surface area contributed by atoms with Crippen LogP contribution in [0.5, 0.6) is 0 Å². The molecule has 2 atom stereocenters. The first-order valence-electron chi connectivity index (χ1n) is 11.3. The molecule has 7 heteroatoms. The van der Waals surface area contributed by atoms with E-state index in [1.807, 2.05) is 30.3 Å². The van der Waals surface area contributed by atoms with Gasteiger partial charge >= 0.3 is 5.97 Å². The molecule has 0 radical (unpaired) electrons. The molecule has 4 aromatic rings. The number of benzene rings is 3. The second-order valence-electron chi connectivity index (χ2n) is 8.12. The predicted molar refractivity (Wildman–Crippen MR) is 133 cm³/mol. The first-order valence-corrected chi connectivity index (χ1v) is 11.3. The van der Waals surface area contributed by atoms with Crippen LogP contribution in [0.3, 0.4) is 0 Å². The van der Waals surface area contributed by atoms with Crippen LogP contribution in [0.1, 0.15) is 31.1 Å². The van der Waals surface area contributed by atoms with Gasteiger partial charge in [0.2, 0.25) is 0 Å². The molecule has 0 spiro atoms. The van der Waals surface area contributed by atoms with E-state index in [9.17, 15) is 14.4 Å². The lowest BCUT2D eigenvalue weighted by Gasteiger charge is -2.17. The molecule has 0 saturated heterocycles. The summed E-state index contributed by atoms with van der Waals surface area (Å²) in [5, 5.41) is 7.56. The Morgan fingerprint density at radius 1 is 0.882 bits per heavy atom. The highest BCUT2D eigenvalue weighted by Crippen LogP contribution is 2.31. The van der Waals surface area contributed by atoms with Gasteiger partial charge < -0.3 is 19.9 Å². The number of para-hydroxylation sites is 1. The fourth-order valence-corrected chi connectivity index (χ4v) is 3.97. The molecule has 0 aliphatic heterocycles. The Balaban J connectivity index is 1.41. The van der Waals surface area contributed by atoms with E-state index in [-0.39, 0.29) is 5.91 Å². The van der Waals surface area contributed by atoms with E-state index in [1.54, 1.807) is 30.3 Å². The van der Waals surface area contributed by atoms with Crippen LogP contribution in [0.2, 0.25) is 0 Å². The van der Waals surface area contributed by atoms with Crippen molar-refractivity contribution in [2.75, 3.05) is 5.32 Å². The van der Waals surface area contributed by atoms with Gasteiger partial charge in [-0.1, -0.05) is 36.4 Å². The standard InChI is InChI=1S/C27H27N3O4/c1-4-30-23-13-9-8-12-21(23)22-16-20(14-15-24(22)30)29-25(31)18(3)34-27(33)17(2)28-26(32)19-10-6-5-7-11-19/h5-18H,4H2,1-3H3,(H,28,32)(H,29,31)/t17-,18?/m0/s1. The van der Waals surface area contributed by atoms with Gasteiger partial charge in [-0.25, -0.2) is 4.79 Å². The van der Waals surface area contributed by atoms with Crippen molar-refractivity contribution in [2.45, 2.75) is 39.5 Å². The first kappa shape index (κ1) is 23.0. The second-order valence-corrected chi connectivity index (χ2v) is 8.12. The number of esters is 1. The minimum absolute atomic E-state index is 0.387. The van der Waals surface area contributed by atoms with Gasteiger partial charge in [0.1, 0.15) is 6.04 Å². The van der Waals surface area contributed by atoms with E-state index in [1.165, 1.54) is 13.8 Å². The van der Waals surface area contributed by atoms with Crippen LogP contribution in [0, 0.1) is 0 Å². The molecule has 174 valence electrons. The van der Waals surface area contributed by atoms with Gasteiger partial charge in [0.25, 0.3) is 11.8 Å². The molecule has 1 aromatic heterocycles. The van der Waals surface area contributed by atoms with Crippen LogP contribution in [-0.2, 0) is 20.9 Å². The van der Waals surface area contributed by atoms with Crippen LogP contribution < -0.4 is 10.6 Å². The number of rotatable bonds is 7. The van der Waals surface area contributed by atoms with E-state index in [0.29, 0.717) is 11.3 Å². The quantitative estimate of drug-likeness (QED) is 0.400. The molecule has 0 fully saturated rings. The number of anilines is 1. The first-order chi connectivity index (χ1) is 16.4. The molecule has 7 nitrogen and oxygen atoms in total. The Kier molecular flexibility index (Phi) is 6.63. The third kappa shape index (κ3) is 4.64. The minimum atomic E-state index is -1.03. The normalized spacial score (nSPS) is 12.8. The van der Waals surface area contributed by atoms with E-state index in [0.717, 1.165) is 28.4 Å². The molecule has 2 N–H and O–H groups in total. The molecule has 34 heavy (non-hydrogen) atoms. The van der Waals surface area contributed by atoms with Crippen LogP contribution in [-0.4, -0.2) is 34.5 Å². The third-order valence-electron chi connectivity index (χ3n) is 5.76. The van der Waals surface area contributed by atoms with Crippen LogP contribution >= 0.6 is 0 Å². The highest BCUT2D eigenvalue weighted by Gasteiger charge is 2.24. The van der Waals surface area contributed by atoms with Crippen molar-refractivity contribution < 1.29 is 19.1 Å². The molecule has 0 saturated carbocycles. The molecule has 1 heterocycles. The van der Waals surface area contributed by atoms with Crippen molar-refractivity contribution in [3.63, 3.8) is 0 Å². The summed E-state index contributed by atoms with van der Waals surface area (Å²) in [6.45, 7) is 5.95. The van der Waals surface area contributed by atoms with E-state index in [2.05, 4.69) is 34.3 Å². The summed E-state index contributed by atoms with van der Waals surface area (Å²) in [5.41, 5.74) is 3.28. The van der Waals surface area contributed by atoms with Gasteiger partial charge in [-0.05, 0) is 57.2 Å². The maximum Gasteiger partial charge on any atom is 0.329 e. The van der Waals surface area contributed by atoms with Gasteiger partial charge in [0.15, 0.2) is 6.10 Å². The van der Waals surface area contributed by atoms with E-state index in [4.69, 9.17) is 4.74 Å². The lowest BCUT2D eigenvalue weighted by Crippen LogP contribution is -2.42. The van der Waals surface area contributed by atoms with Crippen molar-refractivity contribution in [3.8, 4) is 0 Å². The van der Waals surface area contributed by atoms with Crippen molar-refractivity contribution in [1.82, 2.24) is 9.88 Å². The average molecular weight is 458 g/mol. The molecular formula is C27H27N3O4. The van der Waals surface area contributed by atoms with Gasteiger partial charge in [0, 0.05) is 39.6 Å². The van der Waals surface area contributed by atoms with Gasteiger partial charge in [0.05, 0.1) is 0 Å². The summed E-state index contributed by atoms with van der Waals surface area (Å²) in [6.07, 6.45) is -1.03. The SMILES string of the molecule is CCn1c2ccccc2c2cc(NC(=O)C(C)OC(=O)[C@H](C)NC(=O)c3ccccc3)ccc21. The Labute approximate surface area is 197 Å². The fourth-order valence-electron chi connectivity index (χ4n) is 3.97. The summed E-state index contributed by atoms with van der Waals surface area (Å²) in [7, 11) is 0. The molecular weight excluding hydrogens is 430 g/mol. The van der Waals surface area contributed by atoms with E-state index >= 15 is 0 Å². The lowest BCUT2D eigenvalue weighted by atomic mass is 10.1. The van der Waals surface area contributed by atoms with Crippen molar-refractivity contribution in [1.29, 1.82) is 0 Å². The highest BCUT2D eigenvalue weighted by molar-refractivity contribution is 6.10. The highest BCUT2D eigenvalue weighted by atomic mass is 16.5. The molecule has 1 unspecified atom stereocenters. The third-order valence-corrected chi connectivity index (χ3v) is 5.76. The molecule has 0 bridgehead atoms. The number of carbonyl (C=O) groups is 3. The summed E-state index contributed by atoms with van der Waals surface area (Å²) < 4.78 is 7.52. The summed E-state index contributed by atoms with van der Waals surface area (Å²) in [5.74, 6) is -1.52. The van der Waals surface area contributed by atoms with Crippen molar-refractivity contribution >= 4 is 45.3 Å². The van der Waals surface area contributed by atoms with Crippen LogP contribution in [0.15, 0.2) is 72.8 Å². The van der Waals surface area contributed by atoms with E-state index < -0.39 is 24.0 Å². The fraction of sp³-hybridized carbons (Fsp3) is 0.222. The number of hydrogen-bond acceptors (Lipinski definition) is 4. The number of nitrogens with zero attached hydrogens (tertiary/aromatic N) is 1. The summed E-state index contributed by atoms with van der Waals surface area (Å²) in [4.78, 5) is 37.4. The monoisotopic (exact) mass is 457 g/mol. The molecule has 0 aliphatic carbocycles. The van der Waals surface area contributed by atoms with Crippen LogP contribution in [0.4, 0.5) is 5.69 Å². The molecule has 0 aliphatic rings.